The van der Waals surface area contributed by atoms with Gasteiger partial charge in [-0.25, -0.2) is 0 Å². The highest BCUT2D eigenvalue weighted by Gasteiger charge is 2.26. The fraction of sp³-hybridized carbons (Fsp3) is 0.259. The van der Waals surface area contributed by atoms with Crippen molar-refractivity contribution in [1.29, 1.82) is 0 Å². The van der Waals surface area contributed by atoms with Crippen molar-refractivity contribution in [2.24, 2.45) is 0 Å². The molecule has 0 aliphatic carbocycles. The second-order valence-electron chi connectivity index (χ2n) is 7.89. The van der Waals surface area contributed by atoms with Gasteiger partial charge in [-0.15, -0.1) is 0 Å². The van der Waals surface area contributed by atoms with Crippen LogP contribution < -0.4 is 24.4 Å². The Morgan fingerprint density at radius 1 is 0.882 bits per heavy atom. The summed E-state index contributed by atoms with van der Waals surface area (Å²) in [4.78, 5) is 25.9. The Hall–Kier alpha value is -4.00. The SMILES string of the molecule is O=C(CN1C(=O)COc2ccccc21)NCCCCOc1ccc(OCc2ccccc2)cc1. The fourth-order valence-corrected chi connectivity index (χ4v) is 3.54. The van der Waals surface area contributed by atoms with Crippen LogP contribution >= 0.6 is 0 Å². The molecule has 4 rings (SSSR count). The molecule has 0 fully saturated rings. The number of carbonyl (C=O) groups excluding carboxylic acids is 2. The third-order valence-electron chi connectivity index (χ3n) is 5.34. The predicted molar refractivity (Wildman–Crippen MR) is 129 cm³/mol. The van der Waals surface area contributed by atoms with Crippen molar-refractivity contribution in [2.75, 3.05) is 31.2 Å². The van der Waals surface area contributed by atoms with Crippen LogP contribution in [0.4, 0.5) is 5.69 Å². The van der Waals surface area contributed by atoms with E-state index in [1.165, 1.54) is 4.90 Å². The maximum absolute atomic E-state index is 12.3. The molecule has 0 saturated carbocycles. The van der Waals surface area contributed by atoms with Crippen LogP contribution in [0.3, 0.4) is 0 Å². The summed E-state index contributed by atoms with van der Waals surface area (Å²) in [5, 5.41) is 2.87. The topological polar surface area (TPSA) is 77.1 Å². The van der Waals surface area contributed by atoms with E-state index in [-0.39, 0.29) is 25.0 Å². The van der Waals surface area contributed by atoms with E-state index in [2.05, 4.69) is 5.32 Å². The van der Waals surface area contributed by atoms with Gasteiger partial charge in [0.05, 0.1) is 12.3 Å². The largest absolute Gasteiger partial charge is 0.494 e. The van der Waals surface area contributed by atoms with E-state index in [1.807, 2.05) is 66.7 Å². The number of rotatable bonds is 11. The number of hydrogen-bond acceptors (Lipinski definition) is 5. The summed E-state index contributed by atoms with van der Waals surface area (Å²) in [6.45, 7) is 1.53. The van der Waals surface area contributed by atoms with Crippen LogP contribution in [0.1, 0.15) is 18.4 Å². The van der Waals surface area contributed by atoms with Gasteiger partial charge in [-0.2, -0.15) is 0 Å². The zero-order chi connectivity index (χ0) is 23.6. The summed E-state index contributed by atoms with van der Waals surface area (Å²) in [6, 6.07) is 24.8. The van der Waals surface area contributed by atoms with Crippen LogP contribution in [0.25, 0.3) is 0 Å². The lowest BCUT2D eigenvalue weighted by Gasteiger charge is -2.28. The highest BCUT2D eigenvalue weighted by Crippen LogP contribution is 2.31. The third kappa shape index (κ3) is 6.51. The molecule has 0 spiro atoms. The molecule has 3 aromatic carbocycles. The number of para-hydroxylation sites is 2. The van der Waals surface area contributed by atoms with E-state index in [0.717, 1.165) is 29.9 Å². The lowest BCUT2D eigenvalue weighted by atomic mass is 10.2. The second-order valence-corrected chi connectivity index (χ2v) is 7.89. The fourth-order valence-electron chi connectivity index (χ4n) is 3.54. The van der Waals surface area contributed by atoms with Crippen LogP contribution in [-0.2, 0) is 16.2 Å². The maximum Gasteiger partial charge on any atom is 0.265 e. The molecule has 1 N–H and O–H groups in total. The first-order chi connectivity index (χ1) is 16.7. The highest BCUT2D eigenvalue weighted by molar-refractivity contribution is 6.02. The first-order valence-electron chi connectivity index (χ1n) is 11.4. The third-order valence-corrected chi connectivity index (χ3v) is 5.34. The van der Waals surface area contributed by atoms with Gasteiger partial charge in [-0.1, -0.05) is 42.5 Å². The monoisotopic (exact) mass is 460 g/mol. The van der Waals surface area contributed by atoms with Crippen LogP contribution in [0.5, 0.6) is 17.2 Å². The molecule has 1 aliphatic heterocycles. The molecule has 0 saturated heterocycles. The van der Waals surface area contributed by atoms with Crippen LogP contribution in [0.2, 0.25) is 0 Å². The molecule has 1 aliphatic rings. The van der Waals surface area contributed by atoms with Crippen LogP contribution in [0.15, 0.2) is 78.9 Å². The molecule has 0 unspecified atom stereocenters. The minimum Gasteiger partial charge on any atom is -0.494 e. The summed E-state index contributed by atoms with van der Waals surface area (Å²) in [5.41, 5.74) is 1.75. The van der Waals surface area contributed by atoms with Crippen LogP contribution in [0, 0.1) is 0 Å². The van der Waals surface area contributed by atoms with Crippen molar-refractivity contribution in [3.63, 3.8) is 0 Å². The first kappa shape index (κ1) is 23.2. The average Bonchev–Trinajstić information content (AvgIpc) is 2.88. The van der Waals surface area contributed by atoms with Gasteiger partial charge < -0.3 is 19.5 Å². The van der Waals surface area contributed by atoms with Gasteiger partial charge in [0.2, 0.25) is 5.91 Å². The van der Waals surface area contributed by atoms with Crippen molar-refractivity contribution < 1.29 is 23.8 Å². The van der Waals surface area contributed by atoms with E-state index in [4.69, 9.17) is 14.2 Å². The number of fused-ring (bicyclic) bond motifs is 1. The standard InChI is InChI=1S/C27H28N2O5/c30-26(18-29-24-10-4-5-11-25(24)34-20-27(29)31)28-16-6-7-17-32-22-12-14-23(15-13-22)33-19-21-8-2-1-3-9-21/h1-5,8-15H,6-7,16-20H2,(H,28,30). The van der Waals surface area contributed by atoms with E-state index in [9.17, 15) is 9.59 Å². The van der Waals surface area contributed by atoms with E-state index >= 15 is 0 Å². The number of carbonyl (C=O) groups is 2. The molecule has 2 amide bonds. The predicted octanol–water partition coefficient (Wildman–Crippen LogP) is 3.97. The number of unbranched alkanes of at least 4 members (excludes halogenated alkanes) is 1. The molecule has 176 valence electrons. The quantitative estimate of drug-likeness (QED) is 0.438. The number of benzene rings is 3. The van der Waals surface area contributed by atoms with Gasteiger partial charge >= 0.3 is 0 Å². The number of amides is 2. The van der Waals surface area contributed by atoms with Crippen molar-refractivity contribution >= 4 is 17.5 Å². The molecular weight excluding hydrogens is 432 g/mol. The molecular formula is C27H28N2O5. The Kier molecular flexibility index (Phi) is 8.00. The number of anilines is 1. The first-order valence-corrected chi connectivity index (χ1v) is 11.4. The number of nitrogens with zero attached hydrogens (tertiary/aromatic N) is 1. The van der Waals surface area contributed by atoms with Crippen molar-refractivity contribution in [3.8, 4) is 17.2 Å². The molecule has 0 aromatic heterocycles. The molecule has 3 aromatic rings. The van der Waals surface area contributed by atoms with Gasteiger partial charge in [-0.3, -0.25) is 14.5 Å². The van der Waals surface area contributed by atoms with E-state index < -0.39 is 0 Å². The smallest absolute Gasteiger partial charge is 0.265 e. The summed E-state index contributed by atoms with van der Waals surface area (Å²) in [7, 11) is 0. The summed E-state index contributed by atoms with van der Waals surface area (Å²) >= 11 is 0. The van der Waals surface area contributed by atoms with E-state index in [1.54, 1.807) is 12.1 Å². The Labute approximate surface area is 199 Å². The molecule has 7 nitrogen and oxygen atoms in total. The van der Waals surface area contributed by atoms with Crippen molar-refractivity contribution in [2.45, 2.75) is 19.4 Å². The second kappa shape index (κ2) is 11.7. The van der Waals surface area contributed by atoms with Gasteiger partial charge in [0.15, 0.2) is 6.61 Å². The van der Waals surface area contributed by atoms with Gasteiger partial charge in [-0.05, 0) is 54.8 Å². The van der Waals surface area contributed by atoms with Crippen molar-refractivity contribution in [3.05, 3.63) is 84.4 Å². The Bertz CT molecular complexity index is 1090. The maximum atomic E-state index is 12.3. The molecule has 0 bridgehead atoms. The van der Waals surface area contributed by atoms with Crippen molar-refractivity contribution in [1.82, 2.24) is 5.32 Å². The van der Waals surface area contributed by atoms with Crippen LogP contribution in [-0.4, -0.2) is 38.1 Å². The molecule has 7 heteroatoms. The van der Waals surface area contributed by atoms with Gasteiger partial charge in [0.1, 0.15) is 30.4 Å². The van der Waals surface area contributed by atoms with Gasteiger partial charge in [0, 0.05) is 6.54 Å². The molecule has 34 heavy (non-hydrogen) atoms. The summed E-state index contributed by atoms with van der Waals surface area (Å²) < 4.78 is 17.0. The summed E-state index contributed by atoms with van der Waals surface area (Å²) in [6.07, 6.45) is 1.57. The zero-order valence-corrected chi connectivity index (χ0v) is 18.9. The minimum atomic E-state index is -0.223. The Balaban J connectivity index is 1.11. The number of nitrogens with one attached hydrogen (secondary N) is 1. The lowest BCUT2D eigenvalue weighted by Crippen LogP contribution is -2.45. The number of ether oxygens (including phenoxy) is 3. The lowest BCUT2D eigenvalue weighted by molar-refractivity contribution is -0.125. The Morgan fingerprint density at radius 3 is 2.38 bits per heavy atom. The summed E-state index contributed by atoms with van der Waals surface area (Å²) in [5.74, 6) is 1.76. The molecule has 0 atom stereocenters. The average molecular weight is 461 g/mol. The zero-order valence-electron chi connectivity index (χ0n) is 18.9. The Morgan fingerprint density at radius 2 is 1.59 bits per heavy atom. The minimum absolute atomic E-state index is 0.0194. The highest BCUT2D eigenvalue weighted by atomic mass is 16.5. The van der Waals surface area contributed by atoms with Gasteiger partial charge in [0.25, 0.3) is 5.91 Å². The molecule has 0 radical (unpaired) electrons. The molecule has 1 heterocycles. The number of hydrogen-bond donors (Lipinski definition) is 1. The normalized spacial score (nSPS) is 12.5. The van der Waals surface area contributed by atoms with E-state index in [0.29, 0.717) is 31.2 Å².